The lowest BCUT2D eigenvalue weighted by Crippen LogP contribution is -2.14. The topological polar surface area (TPSA) is 130 Å². The van der Waals surface area contributed by atoms with Crippen LogP contribution in [0.4, 0.5) is 22.7 Å². The van der Waals surface area contributed by atoms with Crippen LogP contribution in [-0.4, -0.2) is 28.4 Å². The normalized spacial score (nSPS) is 10.2. The molecule has 3 rings (SSSR count). The molecule has 0 aliphatic rings. The molecule has 0 radical (unpaired) electrons. The highest BCUT2D eigenvalue weighted by atomic mass is 32.2. The molecule has 168 valence electrons. The summed E-state index contributed by atoms with van der Waals surface area (Å²) >= 11 is 1.33. The number of nitro benzene ring substituents is 1. The van der Waals surface area contributed by atoms with Crippen LogP contribution in [0.1, 0.15) is 17.3 Å². The zero-order chi connectivity index (χ0) is 23.8. The van der Waals surface area contributed by atoms with Crippen LogP contribution in [-0.2, 0) is 9.59 Å². The van der Waals surface area contributed by atoms with Crippen molar-refractivity contribution < 1.29 is 19.3 Å². The van der Waals surface area contributed by atoms with Crippen LogP contribution < -0.4 is 16.0 Å². The summed E-state index contributed by atoms with van der Waals surface area (Å²) in [5.41, 5.74) is 1.82. The van der Waals surface area contributed by atoms with Gasteiger partial charge in [-0.1, -0.05) is 6.07 Å². The number of benzene rings is 3. The molecule has 0 spiro atoms. The number of nitrogens with zero attached hydrogens (tertiary/aromatic N) is 1. The second-order valence-corrected chi connectivity index (χ2v) is 7.93. The third-order valence-electron chi connectivity index (χ3n) is 4.29. The van der Waals surface area contributed by atoms with Gasteiger partial charge < -0.3 is 16.0 Å². The Morgan fingerprint density at radius 2 is 1.42 bits per heavy atom. The van der Waals surface area contributed by atoms with E-state index < -0.39 is 10.8 Å². The van der Waals surface area contributed by atoms with Crippen LogP contribution in [0.15, 0.2) is 77.7 Å². The molecule has 10 heteroatoms. The van der Waals surface area contributed by atoms with E-state index in [1.807, 2.05) is 0 Å². The number of amides is 3. The summed E-state index contributed by atoms with van der Waals surface area (Å²) in [6.45, 7) is 1.42. The van der Waals surface area contributed by atoms with Crippen molar-refractivity contribution in [2.24, 2.45) is 0 Å². The Labute approximate surface area is 193 Å². The van der Waals surface area contributed by atoms with Crippen molar-refractivity contribution >= 4 is 52.2 Å². The van der Waals surface area contributed by atoms with E-state index in [2.05, 4.69) is 16.0 Å². The third kappa shape index (κ3) is 7.18. The predicted octanol–water partition coefficient (Wildman–Crippen LogP) is 4.54. The standard InChI is InChI=1S/C23H20N4O5S/c1-15(28)24-17-5-7-18(8-6-17)25-22(29)14-33-21-11-9-19(10-12-21)26-23(30)16-3-2-4-20(13-16)27(31)32/h2-13H,14H2,1H3,(H,24,28)(H,25,29)(H,26,30). The maximum atomic E-state index is 12.3. The fourth-order valence-electron chi connectivity index (χ4n) is 2.78. The maximum Gasteiger partial charge on any atom is 0.270 e. The van der Waals surface area contributed by atoms with E-state index in [1.165, 1.54) is 43.0 Å². The number of rotatable bonds is 8. The summed E-state index contributed by atoms with van der Waals surface area (Å²) in [5.74, 6) is -0.622. The van der Waals surface area contributed by atoms with E-state index >= 15 is 0 Å². The molecule has 0 saturated carbocycles. The largest absolute Gasteiger partial charge is 0.326 e. The first-order valence-corrected chi connectivity index (χ1v) is 10.7. The van der Waals surface area contributed by atoms with Crippen LogP contribution in [0.25, 0.3) is 0 Å². The summed E-state index contributed by atoms with van der Waals surface area (Å²) in [6, 6.07) is 19.2. The summed E-state index contributed by atoms with van der Waals surface area (Å²) in [4.78, 5) is 46.7. The fraction of sp³-hybridized carbons (Fsp3) is 0.0870. The van der Waals surface area contributed by atoms with E-state index in [0.717, 1.165) is 4.90 Å². The Bertz CT molecular complexity index is 1180. The number of nitrogens with one attached hydrogen (secondary N) is 3. The molecule has 3 amide bonds. The van der Waals surface area contributed by atoms with E-state index in [1.54, 1.807) is 48.5 Å². The van der Waals surface area contributed by atoms with E-state index in [0.29, 0.717) is 17.1 Å². The molecule has 0 saturated heterocycles. The highest BCUT2D eigenvalue weighted by Crippen LogP contribution is 2.22. The molecule has 0 heterocycles. The molecule has 0 aromatic heterocycles. The average molecular weight is 465 g/mol. The van der Waals surface area contributed by atoms with Crippen molar-refractivity contribution in [2.75, 3.05) is 21.7 Å². The minimum atomic E-state index is -0.556. The number of hydrogen-bond acceptors (Lipinski definition) is 6. The van der Waals surface area contributed by atoms with E-state index in [-0.39, 0.29) is 28.8 Å². The molecule has 3 aromatic rings. The van der Waals surface area contributed by atoms with Gasteiger partial charge in [-0.15, -0.1) is 11.8 Å². The molecule has 0 aliphatic carbocycles. The van der Waals surface area contributed by atoms with Gasteiger partial charge in [-0.2, -0.15) is 0 Å². The van der Waals surface area contributed by atoms with Crippen LogP contribution >= 0.6 is 11.8 Å². The molecule has 0 bridgehead atoms. The van der Waals surface area contributed by atoms with Crippen molar-refractivity contribution in [3.63, 3.8) is 0 Å². The smallest absolute Gasteiger partial charge is 0.270 e. The molecule has 0 unspecified atom stereocenters. The molecular formula is C23H20N4O5S. The second kappa shape index (κ2) is 10.9. The Morgan fingerprint density at radius 3 is 2.03 bits per heavy atom. The minimum Gasteiger partial charge on any atom is -0.326 e. The Morgan fingerprint density at radius 1 is 0.848 bits per heavy atom. The van der Waals surface area contributed by atoms with E-state index in [4.69, 9.17) is 0 Å². The Hall–Kier alpha value is -4.18. The van der Waals surface area contributed by atoms with Gasteiger partial charge in [0.15, 0.2) is 0 Å². The molecular weight excluding hydrogens is 444 g/mol. The summed E-state index contributed by atoms with van der Waals surface area (Å²) in [7, 11) is 0. The van der Waals surface area contributed by atoms with Crippen LogP contribution in [0.2, 0.25) is 0 Å². The number of carbonyl (C=O) groups is 3. The average Bonchev–Trinajstić information content (AvgIpc) is 2.79. The zero-order valence-electron chi connectivity index (χ0n) is 17.5. The first kappa shape index (κ1) is 23.5. The van der Waals surface area contributed by atoms with Crippen molar-refractivity contribution in [1.29, 1.82) is 0 Å². The van der Waals surface area contributed by atoms with Crippen LogP contribution in [0.5, 0.6) is 0 Å². The molecule has 0 aliphatic heterocycles. The van der Waals surface area contributed by atoms with Gasteiger partial charge in [0.1, 0.15) is 0 Å². The zero-order valence-corrected chi connectivity index (χ0v) is 18.3. The quantitative estimate of drug-likeness (QED) is 0.255. The molecule has 0 fully saturated rings. The number of carbonyl (C=O) groups excluding carboxylic acids is 3. The molecule has 3 aromatic carbocycles. The first-order chi connectivity index (χ1) is 15.8. The van der Waals surface area contributed by atoms with Crippen LogP contribution in [0, 0.1) is 10.1 Å². The van der Waals surface area contributed by atoms with Crippen molar-refractivity contribution in [2.45, 2.75) is 11.8 Å². The lowest BCUT2D eigenvalue weighted by molar-refractivity contribution is -0.384. The minimum absolute atomic E-state index is 0.156. The maximum absolute atomic E-state index is 12.3. The molecule has 3 N–H and O–H groups in total. The van der Waals surface area contributed by atoms with Crippen LogP contribution in [0.3, 0.4) is 0 Å². The third-order valence-corrected chi connectivity index (χ3v) is 5.30. The highest BCUT2D eigenvalue weighted by molar-refractivity contribution is 8.00. The first-order valence-electron chi connectivity index (χ1n) is 9.76. The number of hydrogen-bond donors (Lipinski definition) is 3. The number of nitro groups is 1. The highest BCUT2D eigenvalue weighted by Gasteiger charge is 2.12. The molecule has 33 heavy (non-hydrogen) atoms. The number of non-ortho nitro benzene ring substituents is 1. The van der Waals surface area contributed by atoms with Gasteiger partial charge in [0.05, 0.1) is 10.7 Å². The van der Waals surface area contributed by atoms with E-state index in [9.17, 15) is 24.5 Å². The molecule has 0 atom stereocenters. The Kier molecular flexibility index (Phi) is 7.77. The van der Waals surface area contributed by atoms with Gasteiger partial charge in [0.2, 0.25) is 11.8 Å². The summed E-state index contributed by atoms with van der Waals surface area (Å²) < 4.78 is 0. The Balaban J connectivity index is 1.49. The molecule has 9 nitrogen and oxygen atoms in total. The van der Waals surface area contributed by atoms with Gasteiger partial charge in [0.25, 0.3) is 11.6 Å². The van der Waals surface area contributed by atoms with Crippen molar-refractivity contribution in [1.82, 2.24) is 0 Å². The lowest BCUT2D eigenvalue weighted by atomic mass is 10.2. The van der Waals surface area contributed by atoms with Gasteiger partial charge >= 0.3 is 0 Å². The summed E-state index contributed by atoms with van der Waals surface area (Å²) in [6.07, 6.45) is 0. The van der Waals surface area contributed by atoms with Gasteiger partial charge in [-0.05, 0) is 54.6 Å². The SMILES string of the molecule is CC(=O)Nc1ccc(NC(=O)CSc2ccc(NC(=O)c3cccc([N+](=O)[O-])c3)cc2)cc1. The van der Waals surface area contributed by atoms with Crippen molar-refractivity contribution in [3.05, 3.63) is 88.5 Å². The summed E-state index contributed by atoms with van der Waals surface area (Å²) in [5, 5.41) is 19.0. The lowest BCUT2D eigenvalue weighted by Gasteiger charge is -2.08. The fourth-order valence-corrected chi connectivity index (χ4v) is 3.48. The van der Waals surface area contributed by atoms with Gasteiger partial charge in [-0.25, -0.2) is 0 Å². The monoisotopic (exact) mass is 464 g/mol. The van der Waals surface area contributed by atoms with Crippen molar-refractivity contribution in [3.8, 4) is 0 Å². The number of anilines is 3. The second-order valence-electron chi connectivity index (χ2n) is 6.88. The van der Waals surface area contributed by atoms with Gasteiger partial charge in [0, 0.05) is 46.6 Å². The predicted molar refractivity (Wildman–Crippen MR) is 128 cm³/mol. The van der Waals surface area contributed by atoms with Gasteiger partial charge in [-0.3, -0.25) is 24.5 Å². The number of thioether (sulfide) groups is 1.